The van der Waals surface area contributed by atoms with Crippen LogP contribution in [0.5, 0.6) is 11.5 Å². The molecule has 33 heavy (non-hydrogen) atoms. The number of hydrogen-bond acceptors (Lipinski definition) is 6. The molecule has 0 saturated carbocycles. The van der Waals surface area contributed by atoms with E-state index in [1.54, 1.807) is 13.2 Å². The van der Waals surface area contributed by atoms with Gasteiger partial charge in [-0.3, -0.25) is 4.79 Å². The third kappa shape index (κ3) is 6.01. The van der Waals surface area contributed by atoms with Crippen molar-refractivity contribution in [2.24, 2.45) is 0 Å². The first-order chi connectivity index (χ1) is 16.0. The van der Waals surface area contributed by atoms with Gasteiger partial charge in [-0.15, -0.1) is 11.3 Å². The number of methoxy groups -OCH3 is 2. The summed E-state index contributed by atoms with van der Waals surface area (Å²) >= 11 is 1.27. The molecule has 178 valence electrons. The van der Waals surface area contributed by atoms with Gasteiger partial charge in [-0.25, -0.2) is 4.39 Å². The van der Waals surface area contributed by atoms with Gasteiger partial charge in [0, 0.05) is 35.8 Å². The second kappa shape index (κ2) is 12.0. The summed E-state index contributed by atoms with van der Waals surface area (Å²) in [4.78, 5) is 15.7. The molecule has 0 aliphatic heterocycles. The molecule has 0 aliphatic rings. The van der Waals surface area contributed by atoms with Gasteiger partial charge in [0.15, 0.2) is 11.5 Å². The fourth-order valence-corrected chi connectivity index (χ4v) is 4.80. The van der Waals surface area contributed by atoms with Crippen LogP contribution in [0.25, 0.3) is 10.1 Å². The van der Waals surface area contributed by atoms with E-state index >= 15 is 0 Å². The lowest BCUT2D eigenvalue weighted by Crippen LogP contribution is -2.28. The Hall–Kier alpha value is -2.68. The van der Waals surface area contributed by atoms with Crippen molar-refractivity contribution in [3.05, 3.63) is 58.2 Å². The standard InChI is InChI=1S/C25H31FN2O4S/c1-5-28(6-2)12-13-32-20-11-10-17(14-21(20)31-4)15-27-25(29)24-18(16-30-3)23-19(26)8-7-9-22(23)33-24/h7-11,14H,5-6,12-13,15-16H2,1-4H3,(H,27,29). The highest BCUT2D eigenvalue weighted by molar-refractivity contribution is 7.21. The summed E-state index contributed by atoms with van der Waals surface area (Å²) in [6.45, 7) is 8.09. The molecular weight excluding hydrogens is 443 g/mol. The molecule has 0 spiro atoms. The van der Waals surface area contributed by atoms with E-state index in [9.17, 15) is 9.18 Å². The van der Waals surface area contributed by atoms with Gasteiger partial charge in [0.05, 0.1) is 18.6 Å². The number of thiophene rings is 1. The molecule has 8 heteroatoms. The third-order valence-electron chi connectivity index (χ3n) is 5.50. The van der Waals surface area contributed by atoms with Gasteiger partial charge in [-0.1, -0.05) is 26.0 Å². The van der Waals surface area contributed by atoms with E-state index in [2.05, 4.69) is 24.1 Å². The van der Waals surface area contributed by atoms with E-state index in [0.717, 1.165) is 29.9 Å². The number of hydrogen-bond donors (Lipinski definition) is 1. The van der Waals surface area contributed by atoms with Crippen molar-refractivity contribution in [1.82, 2.24) is 10.2 Å². The molecular formula is C25H31FN2O4S. The number of nitrogens with zero attached hydrogens (tertiary/aromatic N) is 1. The molecule has 0 bridgehead atoms. The molecule has 0 fully saturated rings. The number of fused-ring (bicyclic) bond motifs is 1. The predicted octanol–water partition coefficient (Wildman–Crippen LogP) is 4.85. The van der Waals surface area contributed by atoms with Crippen LogP contribution >= 0.6 is 11.3 Å². The molecule has 1 aromatic heterocycles. The van der Waals surface area contributed by atoms with Crippen molar-refractivity contribution < 1.29 is 23.4 Å². The number of nitrogens with one attached hydrogen (secondary N) is 1. The first-order valence-electron chi connectivity index (χ1n) is 11.0. The van der Waals surface area contributed by atoms with Crippen molar-refractivity contribution in [1.29, 1.82) is 0 Å². The smallest absolute Gasteiger partial charge is 0.262 e. The SMILES string of the molecule is CCN(CC)CCOc1ccc(CNC(=O)c2sc3cccc(F)c3c2COC)cc1OC. The van der Waals surface area contributed by atoms with Gasteiger partial charge in [0.2, 0.25) is 0 Å². The molecule has 0 saturated heterocycles. The average Bonchev–Trinajstić information content (AvgIpc) is 3.20. The van der Waals surface area contributed by atoms with E-state index in [1.807, 2.05) is 24.3 Å². The molecule has 1 amide bonds. The first-order valence-corrected chi connectivity index (χ1v) is 11.8. The average molecular weight is 475 g/mol. The molecule has 0 aliphatic carbocycles. The number of rotatable bonds is 12. The van der Waals surface area contributed by atoms with Gasteiger partial charge in [-0.2, -0.15) is 0 Å². The molecule has 0 unspecified atom stereocenters. The second-order valence-electron chi connectivity index (χ2n) is 7.50. The Morgan fingerprint density at radius 3 is 2.61 bits per heavy atom. The monoisotopic (exact) mass is 474 g/mol. The van der Waals surface area contributed by atoms with Crippen molar-refractivity contribution in [3.8, 4) is 11.5 Å². The van der Waals surface area contributed by atoms with Crippen LogP contribution in [-0.4, -0.2) is 51.3 Å². The summed E-state index contributed by atoms with van der Waals surface area (Å²) in [5, 5.41) is 3.38. The Bertz CT molecular complexity index is 1080. The molecule has 1 N–H and O–H groups in total. The van der Waals surface area contributed by atoms with E-state index in [-0.39, 0.29) is 18.3 Å². The Balaban J connectivity index is 1.69. The summed E-state index contributed by atoms with van der Waals surface area (Å²) in [5.41, 5.74) is 1.44. The fraction of sp³-hybridized carbons (Fsp3) is 0.400. The molecule has 6 nitrogen and oxygen atoms in total. The van der Waals surface area contributed by atoms with Crippen LogP contribution in [0.2, 0.25) is 0 Å². The summed E-state index contributed by atoms with van der Waals surface area (Å²) in [7, 11) is 3.13. The van der Waals surface area contributed by atoms with Crippen molar-refractivity contribution >= 4 is 27.3 Å². The molecule has 0 radical (unpaired) electrons. The number of likely N-dealkylation sites (N-methyl/N-ethyl adjacent to an activating group) is 1. The van der Waals surface area contributed by atoms with Crippen molar-refractivity contribution in [2.45, 2.75) is 27.0 Å². The van der Waals surface area contributed by atoms with Gasteiger partial charge < -0.3 is 24.4 Å². The van der Waals surface area contributed by atoms with E-state index in [0.29, 0.717) is 40.5 Å². The molecule has 0 atom stereocenters. The number of benzene rings is 2. The van der Waals surface area contributed by atoms with Crippen molar-refractivity contribution in [3.63, 3.8) is 0 Å². The van der Waals surface area contributed by atoms with Gasteiger partial charge in [0.25, 0.3) is 5.91 Å². The highest BCUT2D eigenvalue weighted by Crippen LogP contribution is 2.34. The minimum atomic E-state index is -0.351. The molecule has 3 rings (SSSR count). The highest BCUT2D eigenvalue weighted by atomic mass is 32.1. The Morgan fingerprint density at radius 1 is 1.12 bits per heavy atom. The largest absolute Gasteiger partial charge is 0.493 e. The Morgan fingerprint density at radius 2 is 1.91 bits per heavy atom. The molecule has 2 aromatic carbocycles. The first kappa shape index (κ1) is 25.0. The lowest BCUT2D eigenvalue weighted by molar-refractivity contribution is 0.0950. The van der Waals surface area contributed by atoms with Crippen LogP contribution in [0.1, 0.15) is 34.6 Å². The normalized spacial score (nSPS) is 11.2. The zero-order valence-corrected chi connectivity index (χ0v) is 20.4. The lowest BCUT2D eigenvalue weighted by atomic mass is 10.1. The van der Waals surface area contributed by atoms with Gasteiger partial charge >= 0.3 is 0 Å². The fourth-order valence-electron chi connectivity index (χ4n) is 3.66. The maximum atomic E-state index is 14.4. The van der Waals surface area contributed by atoms with Crippen LogP contribution in [0.3, 0.4) is 0 Å². The Labute approximate surface area is 198 Å². The zero-order chi connectivity index (χ0) is 23.8. The summed E-state index contributed by atoms with van der Waals surface area (Å²) in [5.74, 6) is 0.671. The Kier molecular flexibility index (Phi) is 9.05. The maximum absolute atomic E-state index is 14.4. The van der Waals surface area contributed by atoms with Crippen LogP contribution in [0.15, 0.2) is 36.4 Å². The van der Waals surface area contributed by atoms with Crippen molar-refractivity contribution in [2.75, 3.05) is 40.5 Å². The minimum Gasteiger partial charge on any atom is -0.493 e. The minimum absolute atomic E-state index is 0.164. The second-order valence-corrected chi connectivity index (χ2v) is 8.55. The van der Waals surface area contributed by atoms with Crippen LogP contribution in [-0.2, 0) is 17.9 Å². The quantitative estimate of drug-likeness (QED) is 0.407. The zero-order valence-electron chi connectivity index (χ0n) is 19.6. The summed E-state index contributed by atoms with van der Waals surface area (Å²) in [6.07, 6.45) is 0. The van der Waals surface area contributed by atoms with Crippen LogP contribution < -0.4 is 14.8 Å². The topological polar surface area (TPSA) is 60.0 Å². The number of carbonyl (C=O) groups is 1. The van der Waals surface area contributed by atoms with E-state index in [1.165, 1.54) is 24.5 Å². The molecule has 1 heterocycles. The number of halogens is 1. The van der Waals surface area contributed by atoms with Crippen LogP contribution in [0.4, 0.5) is 4.39 Å². The highest BCUT2D eigenvalue weighted by Gasteiger charge is 2.20. The van der Waals surface area contributed by atoms with Gasteiger partial charge in [0.1, 0.15) is 12.4 Å². The predicted molar refractivity (Wildman–Crippen MR) is 130 cm³/mol. The summed E-state index contributed by atoms with van der Waals surface area (Å²) < 4.78 is 31.7. The maximum Gasteiger partial charge on any atom is 0.262 e. The van der Waals surface area contributed by atoms with E-state index in [4.69, 9.17) is 14.2 Å². The molecule has 3 aromatic rings. The number of carbonyl (C=O) groups excluding carboxylic acids is 1. The van der Waals surface area contributed by atoms with E-state index < -0.39 is 0 Å². The third-order valence-corrected chi connectivity index (χ3v) is 6.69. The van der Waals surface area contributed by atoms with Gasteiger partial charge in [-0.05, 0) is 42.9 Å². The number of amides is 1. The lowest BCUT2D eigenvalue weighted by Gasteiger charge is -2.19. The summed E-state index contributed by atoms with van der Waals surface area (Å²) in [6, 6.07) is 10.5. The van der Waals surface area contributed by atoms with Crippen LogP contribution in [0, 0.1) is 5.82 Å². The number of ether oxygens (including phenoxy) is 3.